The third-order valence-corrected chi connectivity index (χ3v) is 5.48. The van der Waals surface area contributed by atoms with Gasteiger partial charge in [0.1, 0.15) is 0 Å². The first-order valence-corrected chi connectivity index (χ1v) is 9.36. The lowest BCUT2D eigenvalue weighted by Gasteiger charge is -2.26. The van der Waals surface area contributed by atoms with Crippen molar-refractivity contribution in [3.05, 3.63) is 10.6 Å². The number of thiazole rings is 1. The number of aromatic nitrogens is 1. The van der Waals surface area contributed by atoms with Gasteiger partial charge in [0.05, 0.1) is 18.9 Å². The Balaban J connectivity index is 1.36. The Bertz CT molecular complexity index is 528. The zero-order valence-corrected chi connectivity index (χ0v) is 14.6. The monoisotopic (exact) mass is 338 g/mol. The first-order valence-electron chi connectivity index (χ1n) is 8.54. The second-order valence-corrected chi connectivity index (χ2v) is 7.51. The predicted molar refractivity (Wildman–Crippen MR) is 92.2 cm³/mol. The summed E-state index contributed by atoms with van der Waals surface area (Å²) < 4.78 is 5.32. The summed E-state index contributed by atoms with van der Waals surface area (Å²) in [5, 5.41) is 6.53. The lowest BCUT2D eigenvalue weighted by Crippen LogP contribution is -2.38. The highest BCUT2D eigenvalue weighted by atomic mass is 32.1. The van der Waals surface area contributed by atoms with Gasteiger partial charge in [0.15, 0.2) is 5.13 Å². The Labute approximate surface area is 141 Å². The topological polar surface area (TPSA) is 66.5 Å². The van der Waals surface area contributed by atoms with Crippen LogP contribution in [0, 0.1) is 5.92 Å². The number of nitrogens with zero attached hydrogens (tertiary/aromatic N) is 2. The third-order valence-electron chi connectivity index (χ3n) is 4.45. The van der Waals surface area contributed by atoms with Gasteiger partial charge in [-0.2, -0.15) is 0 Å². The molecular formula is C16H26N4O2S. The number of nitrogens with one attached hydrogen (secondary N) is 2. The van der Waals surface area contributed by atoms with Gasteiger partial charge >= 0.3 is 6.03 Å². The largest absolute Gasteiger partial charge is 0.379 e. The second kappa shape index (κ2) is 8.08. The van der Waals surface area contributed by atoms with E-state index in [1.807, 2.05) is 0 Å². The van der Waals surface area contributed by atoms with Crippen LogP contribution in [0.15, 0.2) is 0 Å². The minimum atomic E-state index is -0.147. The van der Waals surface area contributed by atoms with Crippen LogP contribution in [-0.4, -0.2) is 55.3 Å². The molecule has 1 aromatic rings. The van der Waals surface area contributed by atoms with Crippen molar-refractivity contribution in [3.8, 4) is 0 Å². The number of morpholine rings is 1. The zero-order valence-electron chi connectivity index (χ0n) is 13.8. The maximum absolute atomic E-state index is 12.0. The summed E-state index contributed by atoms with van der Waals surface area (Å²) in [6.07, 6.45) is 4.29. The van der Waals surface area contributed by atoms with Gasteiger partial charge < -0.3 is 10.1 Å². The number of urea groups is 1. The Kier molecular flexibility index (Phi) is 5.85. The highest BCUT2D eigenvalue weighted by molar-refractivity contribution is 7.15. The first kappa shape index (κ1) is 16.7. The molecule has 0 unspecified atom stereocenters. The van der Waals surface area contributed by atoms with E-state index in [9.17, 15) is 4.79 Å². The molecule has 0 bridgehead atoms. The van der Waals surface area contributed by atoms with Crippen LogP contribution in [0.3, 0.4) is 0 Å². The summed E-state index contributed by atoms with van der Waals surface area (Å²) in [6, 6.07) is -0.147. The Morgan fingerprint density at radius 2 is 2.26 bits per heavy atom. The number of carbonyl (C=O) groups excluding carboxylic acids is 1. The summed E-state index contributed by atoms with van der Waals surface area (Å²) in [4.78, 5) is 20.2. The molecule has 7 heteroatoms. The highest BCUT2D eigenvalue weighted by Crippen LogP contribution is 2.31. The lowest BCUT2D eigenvalue weighted by molar-refractivity contribution is 0.0375. The van der Waals surface area contributed by atoms with Crippen LogP contribution in [0.4, 0.5) is 9.93 Å². The molecule has 2 aliphatic rings. The van der Waals surface area contributed by atoms with Crippen LogP contribution in [0.5, 0.6) is 0 Å². The van der Waals surface area contributed by atoms with Crippen LogP contribution >= 0.6 is 11.3 Å². The molecule has 0 radical (unpaired) electrons. The molecule has 6 nitrogen and oxygen atoms in total. The van der Waals surface area contributed by atoms with Crippen molar-refractivity contribution in [2.24, 2.45) is 5.92 Å². The van der Waals surface area contributed by atoms with Crippen molar-refractivity contribution in [2.75, 3.05) is 44.7 Å². The van der Waals surface area contributed by atoms with Gasteiger partial charge in [-0.15, -0.1) is 11.3 Å². The van der Waals surface area contributed by atoms with E-state index in [0.717, 1.165) is 63.2 Å². The molecule has 3 rings (SSSR count). The van der Waals surface area contributed by atoms with E-state index in [0.29, 0.717) is 6.54 Å². The minimum Gasteiger partial charge on any atom is -0.379 e. The molecule has 0 saturated carbocycles. The van der Waals surface area contributed by atoms with Gasteiger partial charge in [-0.25, -0.2) is 9.78 Å². The van der Waals surface area contributed by atoms with Gasteiger partial charge in [-0.05, 0) is 38.1 Å². The van der Waals surface area contributed by atoms with E-state index >= 15 is 0 Å². The predicted octanol–water partition coefficient (Wildman–Crippen LogP) is 2.11. The van der Waals surface area contributed by atoms with Gasteiger partial charge in [0, 0.05) is 24.5 Å². The molecule has 0 aromatic carbocycles. The number of fused-ring (bicyclic) bond motifs is 1. The normalized spacial score (nSPS) is 21.7. The molecule has 1 aliphatic heterocycles. The van der Waals surface area contributed by atoms with Crippen LogP contribution in [-0.2, 0) is 17.6 Å². The zero-order chi connectivity index (χ0) is 16.1. The molecule has 1 aromatic heterocycles. The number of hydrogen-bond donors (Lipinski definition) is 2. The number of aryl methyl sites for hydroxylation is 1. The summed E-state index contributed by atoms with van der Waals surface area (Å²) in [6.45, 7) is 7.60. The first-order chi connectivity index (χ1) is 11.2. The molecule has 1 atom stereocenters. The molecule has 2 heterocycles. The van der Waals surface area contributed by atoms with E-state index < -0.39 is 0 Å². The average Bonchev–Trinajstić information content (AvgIpc) is 2.94. The van der Waals surface area contributed by atoms with Crippen LogP contribution in [0.2, 0.25) is 0 Å². The third kappa shape index (κ3) is 4.89. The molecule has 2 amide bonds. The standard InChI is InChI=1S/C16H26N4O2S/c1-12-3-4-13-14(11-12)23-16(18-13)19-15(21)17-5-2-6-20-7-9-22-10-8-20/h12H,2-11H2,1H3,(H2,17,18,19,21)/t12-/m0/s1. The van der Waals surface area contributed by atoms with Crippen molar-refractivity contribution < 1.29 is 9.53 Å². The van der Waals surface area contributed by atoms with Gasteiger partial charge in [-0.3, -0.25) is 10.2 Å². The fourth-order valence-corrected chi connectivity index (χ4v) is 4.23. The van der Waals surface area contributed by atoms with Gasteiger partial charge in [-0.1, -0.05) is 6.92 Å². The SMILES string of the molecule is C[C@H]1CCc2nc(NC(=O)NCCCN3CCOCC3)sc2C1. The smallest absolute Gasteiger partial charge is 0.321 e. The Morgan fingerprint density at radius 3 is 3.09 bits per heavy atom. The maximum Gasteiger partial charge on any atom is 0.321 e. The molecule has 2 N–H and O–H groups in total. The van der Waals surface area contributed by atoms with Crippen LogP contribution in [0.25, 0.3) is 0 Å². The van der Waals surface area contributed by atoms with Crippen LogP contribution < -0.4 is 10.6 Å². The lowest BCUT2D eigenvalue weighted by atomic mass is 9.93. The number of hydrogen-bond acceptors (Lipinski definition) is 5. The van der Waals surface area contributed by atoms with Crippen molar-refractivity contribution in [3.63, 3.8) is 0 Å². The average molecular weight is 338 g/mol. The Morgan fingerprint density at radius 1 is 1.43 bits per heavy atom. The number of rotatable bonds is 5. The number of ether oxygens (including phenoxy) is 1. The summed E-state index contributed by atoms with van der Waals surface area (Å²) >= 11 is 1.62. The Hall–Kier alpha value is -1.18. The minimum absolute atomic E-state index is 0.147. The number of amides is 2. The summed E-state index contributed by atoms with van der Waals surface area (Å²) in [5.41, 5.74) is 1.18. The van der Waals surface area contributed by atoms with E-state index in [1.165, 1.54) is 17.0 Å². The van der Waals surface area contributed by atoms with Gasteiger partial charge in [0.2, 0.25) is 0 Å². The van der Waals surface area contributed by atoms with Crippen molar-refractivity contribution in [1.29, 1.82) is 0 Å². The maximum atomic E-state index is 12.0. The van der Waals surface area contributed by atoms with Crippen molar-refractivity contribution in [2.45, 2.75) is 32.6 Å². The quantitative estimate of drug-likeness (QED) is 0.807. The molecule has 1 fully saturated rings. The second-order valence-electron chi connectivity index (χ2n) is 6.43. The van der Waals surface area contributed by atoms with Crippen LogP contribution in [0.1, 0.15) is 30.3 Å². The molecule has 23 heavy (non-hydrogen) atoms. The van der Waals surface area contributed by atoms with Gasteiger partial charge in [0.25, 0.3) is 0 Å². The van der Waals surface area contributed by atoms with E-state index in [-0.39, 0.29) is 6.03 Å². The fraction of sp³-hybridized carbons (Fsp3) is 0.750. The van der Waals surface area contributed by atoms with E-state index in [2.05, 4.69) is 27.4 Å². The number of anilines is 1. The van der Waals surface area contributed by atoms with E-state index in [1.54, 1.807) is 11.3 Å². The van der Waals surface area contributed by atoms with Crippen molar-refractivity contribution >= 4 is 22.5 Å². The molecular weight excluding hydrogens is 312 g/mol. The number of carbonyl (C=O) groups is 1. The summed E-state index contributed by atoms with van der Waals surface area (Å²) in [7, 11) is 0. The van der Waals surface area contributed by atoms with E-state index in [4.69, 9.17) is 4.74 Å². The fourth-order valence-electron chi connectivity index (χ4n) is 3.06. The van der Waals surface area contributed by atoms with Crippen molar-refractivity contribution in [1.82, 2.24) is 15.2 Å². The molecule has 1 saturated heterocycles. The molecule has 128 valence electrons. The highest BCUT2D eigenvalue weighted by Gasteiger charge is 2.20. The molecule has 1 aliphatic carbocycles. The summed E-state index contributed by atoms with van der Waals surface area (Å²) in [5.74, 6) is 0.727. The molecule has 0 spiro atoms.